The molecule has 0 aromatic heterocycles. The lowest BCUT2D eigenvalue weighted by atomic mass is 10.2. The fraction of sp³-hybridized carbons (Fsp3) is 0.455. The summed E-state index contributed by atoms with van der Waals surface area (Å²) in [6.07, 6.45) is 1.08. The van der Waals surface area contributed by atoms with Crippen LogP contribution in [0.15, 0.2) is 12.1 Å². The molecule has 1 aromatic rings. The Morgan fingerprint density at radius 1 is 1.33 bits per heavy atom. The van der Waals surface area contributed by atoms with Gasteiger partial charge in [-0.1, -0.05) is 6.07 Å². The highest BCUT2D eigenvalue weighted by molar-refractivity contribution is 7.92. The summed E-state index contributed by atoms with van der Waals surface area (Å²) >= 11 is 0. The molecule has 7 heteroatoms. The zero-order chi connectivity index (χ0) is 13.8. The van der Waals surface area contributed by atoms with Gasteiger partial charge in [0.25, 0.3) is 0 Å². The smallest absolute Gasteiger partial charge is 0.230 e. The van der Waals surface area contributed by atoms with Gasteiger partial charge in [0, 0.05) is 0 Å². The quantitative estimate of drug-likeness (QED) is 0.755. The number of ether oxygens (including phenoxy) is 2. The number of hydrogen-bond donors (Lipinski definition) is 2. The van der Waals surface area contributed by atoms with E-state index in [9.17, 15) is 8.42 Å². The first-order valence-electron chi connectivity index (χ1n) is 5.32. The molecule has 0 bridgehead atoms. The van der Waals surface area contributed by atoms with Crippen molar-refractivity contribution in [3.63, 3.8) is 0 Å². The lowest BCUT2D eigenvalue weighted by molar-refractivity contribution is 0.295. The third-order valence-corrected chi connectivity index (χ3v) is 2.75. The second-order valence-corrected chi connectivity index (χ2v) is 5.55. The SMILES string of the molecule is CNCOc1ccc(C)c(OC)c1NS(C)(=O)=O. The molecule has 0 radical (unpaired) electrons. The maximum absolute atomic E-state index is 11.4. The van der Waals surface area contributed by atoms with Crippen LogP contribution >= 0.6 is 0 Å². The highest BCUT2D eigenvalue weighted by atomic mass is 32.2. The molecule has 0 aliphatic heterocycles. The minimum absolute atomic E-state index is 0.269. The number of benzene rings is 1. The van der Waals surface area contributed by atoms with E-state index in [0.29, 0.717) is 17.2 Å². The summed E-state index contributed by atoms with van der Waals surface area (Å²) in [4.78, 5) is 0. The van der Waals surface area contributed by atoms with Crippen LogP contribution in [0, 0.1) is 6.92 Å². The minimum atomic E-state index is -3.40. The molecule has 0 amide bonds. The van der Waals surface area contributed by atoms with E-state index in [1.807, 2.05) is 6.92 Å². The van der Waals surface area contributed by atoms with Crippen LogP contribution in [0.25, 0.3) is 0 Å². The van der Waals surface area contributed by atoms with Crippen molar-refractivity contribution in [2.75, 3.05) is 31.9 Å². The second-order valence-electron chi connectivity index (χ2n) is 3.81. The Morgan fingerprint density at radius 2 is 2.00 bits per heavy atom. The molecule has 0 heterocycles. The highest BCUT2D eigenvalue weighted by Gasteiger charge is 2.16. The molecule has 2 N–H and O–H groups in total. The fourth-order valence-electron chi connectivity index (χ4n) is 1.48. The highest BCUT2D eigenvalue weighted by Crippen LogP contribution is 2.37. The van der Waals surface area contributed by atoms with Crippen molar-refractivity contribution in [1.29, 1.82) is 0 Å². The van der Waals surface area contributed by atoms with Crippen molar-refractivity contribution in [2.24, 2.45) is 0 Å². The first kappa shape index (κ1) is 14.6. The normalized spacial score (nSPS) is 11.1. The van der Waals surface area contributed by atoms with Gasteiger partial charge in [-0.25, -0.2) is 8.42 Å². The molecule has 6 nitrogen and oxygen atoms in total. The van der Waals surface area contributed by atoms with Gasteiger partial charge >= 0.3 is 0 Å². The number of rotatable bonds is 6. The van der Waals surface area contributed by atoms with E-state index in [-0.39, 0.29) is 6.73 Å². The maximum atomic E-state index is 11.4. The zero-order valence-corrected chi connectivity index (χ0v) is 11.7. The standard InChI is InChI=1S/C11H18N2O4S/c1-8-5-6-9(17-7-12-2)10(11(8)16-3)13-18(4,14)15/h5-6,12-13H,7H2,1-4H3. The summed E-state index contributed by atoms with van der Waals surface area (Å²) in [5.74, 6) is 0.867. The van der Waals surface area contributed by atoms with Gasteiger partial charge in [-0.15, -0.1) is 0 Å². The third kappa shape index (κ3) is 3.78. The molecular formula is C11H18N2O4S. The fourth-order valence-corrected chi connectivity index (χ4v) is 2.05. The number of sulfonamides is 1. The zero-order valence-electron chi connectivity index (χ0n) is 10.9. The minimum Gasteiger partial charge on any atom is -0.494 e. The maximum Gasteiger partial charge on any atom is 0.230 e. The van der Waals surface area contributed by atoms with Crippen LogP contribution in [0.1, 0.15) is 5.56 Å². The largest absolute Gasteiger partial charge is 0.494 e. The van der Waals surface area contributed by atoms with Crippen LogP contribution in [-0.4, -0.2) is 35.6 Å². The van der Waals surface area contributed by atoms with Crippen molar-refractivity contribution in [1.82, 2.24) is 5.32 Å². The summed E-state index contributed by atoms with van der Waals surface area (Å²) in [6, 6.07) is 3.50. The number of hydrogen-bond acceptors (Lipinski definition) is 5. The topological polar surface area (TPSA) is 76.7 Å². The van der Waals surface area contributed by atoms with E-state index in [1.165, 1.54) is 7.11 Å². The number of methoxy groups -OCH3 is 1. The Labute approximate surface area is 107 Å². The molecule has 0 spiro atoms. The predicted molar refractivity (Wildman–Crippen MR) is 70.8 cm³/mol. The van der Waals surface area contributed by atoms with E-state index in [4.69, 9.17) is 9.47 Å². The molecule has 0 unspecified atom stereocenters. The van der Waals surface area contributed by atoms with Crippen LogP contribution < -0.4 is 19.5 Å². The van der Waals surface area contributed by atoms with E-state index >= 15 is 0 Å². The van der Waals surface area contributed by atoms with Crippen molar-refractivity contribution in [3.8, 4) is 11.5 Å². The molecule has 0 aliphatic carbocycles. The molecule has 1 rings (SSSR count). The van der Waals surface area contributed by atoms with Crippen LogP contribution in [0.2, 0.25) is 0 Å². The molecule has 18 heavy (non-hydrogen) atoms. The summed E-state index contributed by atoms with van der Waals surface area (Å²) in [5, 5.41) is 2.82. The monoisotopic (exact) mass is 274 g/mol. The Hall–Kier alpha value is -1.47. The lowest BCUT2D eigenvalue weighted by Gasteiger charge is -2.17. The Kier molecular flexibility index (Phi) is 4.80. The number of anilines is 1. The molecule has 1 aromatic carbocycles. The lowest BCUT2D eigenvalue weighted by Crippen LogP contribution is -2.17. The number of nitrogens with one attached hydrogen (secondary N) is 2. The second kappa shape index (κ2) is 5.92. The molecule has 102 valence electrons. The van der Waals surface area contributed by atoms with E-state index in [0.717, 1.165) is 11.8 Å². The summed E-state index contributed by atoms with van der Waals surface area (Å²) in [6.45, 7) is 2.10. The van der Waals surface area contributed by atoms with Gasteiger partial charge in [0.15, 0.2) is 0 Å². The van der Waals surface area contributed by atoms with Crippen LogP contribution in [-0.2, 0) is 10.0 Å². The van der Waals surface area contributed by atoms with Gasteiger partial charge in [-0.05, 0) is 25.6 Å². The average molecular weight is 274 g/mol. The van der Waals surface area contributed by atoms with Crippen molar-refractivity contribution < 1.29 is 17.9 Å². The Morgan fingerprint density at radius 3 is 2.50 bits per heavy atom. The van der Waals surface area contributed by atoms with Gasteiger partial charge < -0.3 is 9.47 Å². The van der Waals surface area contributed by atoms with E-state index in [1.54, 1.807) is 19.2 Å². The van der Waals surface area contributed by atoms with Crippen molar-refractivity contribution >= 4 is 15.7 Å². The average Bonchev–Trinajstić information content (AvgIpc) is 2.26. The van der Waals surface area contributed by atoms with Gasteiger partial charge in [0.05, 0.1) is 13.4 Å². The van der Waals surface area contributed by atoms with Gasteiger partial charge in [0.2, 0.25) is 10.0 Å². The van der Waals surface area contributed by atoms with Crippen molar-refractivity contribution in [3.05, 3.63) is 17.7 Å². The summed E-state index contributed by atoms with van der Waals surface area (Å²) < 4.78 is 35.8. The molecule has 0 atom stereocenters. The first-order chi connectivity index (χ1) is 8.39. The number of aryl methyl sites for hydroxylation is 1. The summed E-state index contributed by atoms with van der Waals surface area (Å²) in [7, 11) is -0.189. The van der Waals surface area contributed by atoms with Crippen LogP contribution in [0.5, 0.6) is 11.5 Å². The molecular weight excluding hydrogens is 256 g/mol. The van der Waals surface area contributed by atoms with Crippen molar-refractivity contribution in [2.45, 2.75) is 6.92 Å². The van der Waals surface area contributed by atoms with E-state index in [2.05, 4.69) is 10.0 Å². The summed E-state index contributed by atoms with van der Waals surface area (Å²) in [5.41, 5.74) is 1.13. The Balaban J connectivity index is 3.25. The van der Waals surface area contributed by atoms with Crippen LogP contribution in [0.4, 0.5) is 5.69 Å². The molecule has 0 fully saturated rings. The van der Waals surface area contributed by atoms with Crippen LogP contribution in [0.3, 0.4) is 0 Å². The molecule has 0 saturated carbocycles. The third-order valence-electron chi connectivity index (χ3n) is 2.18. The van der Waals surface area contributed by atoms with Gasteiger partial charge in [-0.3, -0.25) is 10.0 Å². The van der Waals surface area contributed by atoms with Gasteiger partial charge in [-0.2, -0.15) is 0 Å². The Bertz CT molecular complexity index is 514. The predicted octanol–water partition coefficient (Wildman–Crippen LogP) is 0.931. The molecule has 0 aliphatic rings. The van der Waals surface area contributed by atoms with Gasteiger partial charge in [0.1, 0.15) is 23.9 Å². The molecule has 0 saturated heterocycles. The van der Waals surface area contributed by atoms with E-state index < -0.39 is 10.0 Å². The first-order valence-corrected chi connectivity index (χ1v) is 7.21.